The third-order valence-corrected chi connectivity index (χ3v) is 1.29. The second-order valence-corrected chi connectivity index (χ2v) is 2.47. The molecule has 74 valence electrons. The zero-order valence-corrected chi connectivity index (χ0v) is 7.25. The van der Waals surface area contributed by atoms with Crippen molar-refractivity contribution in [2.24, 2.45) is 0 Å². The lowest BCUT2D eigenvalue weighted by molar-refractivity contribution is 0.428. The van der Waals surface area contributed by atoms with Gasteiger partial charge in [0.1, 0.15) is 17.2 Å². The maximum atomic E-state index is 8.67. The Morgan fingerprint density at radius 2 is 1.43 bits per heavy atom. The average molecular weight is 194 g/mol. The van der Waals surface area contributed by atoms with E-state index in [0.29, 0.717) is 0 Å². The van der Waals surface area contributed by atoms with Gasteiger partial charge >= 0.3 is 0 Å². The fraction of sp³-hybridized carbons (Fsp3) is 0. The largest absolute Gasteiger partial charge is 0.508 e. The van der Waals surface area contributed by atoms with Gasteiger partial charge in [-0.15, -0.1) is 0 Å². The highest BCUT2D eigenvalue weighted by atomic mass is 16.3. The second kappa shape index (κ2) is 4.76. The van der Waals surface area contributed by atoms with Gasteiger partial charge in [0.15, 0.2) is 0 Å². The lowest BCUT2D eigenvalue weighted by Crippen LogP contribution is -1.66. The molecule has 0 amide bonds. The fourth-order valence-electron chi connectivity index (χ4n) is 0.795. The number of aromatic amines is 1. The van der Waals surface area contributed by atoms with E-state index in [4.69, 9.17) is 15.3 Å². The highest BCUT2D eigenvalue weighted by molar-refractivity contribution is 5.39. The molecule has 14 heavy (non-hydrogen) atoms. The van der Waals surface area contributed by atoms with Crippen LogP contribution in [0, 0.1) is 0 Å². The van der Waals surface area contributed by atoms with Gasteiger partial charge in [0.2, 0.25) is 0 Å². The molecule has 1 aromatic heterocycles. The average Bonchev–Trinajstić information content (AvgIpc) is 2.56. The smallest absolute Gasteiger partial charge is 0.122 e. The monoisotopic (exact) mass is 194 g/mol. The van der Waals surface area contributed by atoms with Gasteiger partial charge in [0.05, 0.1) is 6.33 Å². The van der Waals surface area contributed by atoms with Crippen LogP contribution in [0.3, 0.4) is 0 Å². The van der Waals surface area contributed by atoms with E-state index in [0.717, 1.165) is 18.2 Å². The molecule has 0 aliphatic carbocycles. The number of hydrogen-bond acceptors (Lipinski definition) is 4. The molecule has 5 heteroatoms. The van der Waals surface area contributed by atoms with Gasteiger partial charge in [0.25, 0.3) is 0 Å². The van der Waals surface area contributed by atoms with Gasteiger partial charge in [-0.3, -0.25) is 0 Å². The summed E-state index contributed by atoms with van der Waals surface area (Å²) in [6, 6.07) is 3.42. The Kier molecular flexibility index (Phi) is 3.37. The summed E-state index contributed by atoms with van der Waals surface area (Å²) in [4.78, 5) is 6.42. The summed E-state index contributed by atoms with van der Waals surface area (Å²) in [5, 5.41) is 26.0. The summed E-state index contributed by atoms with van der Waals surface area (Å²) in [5.41, 5.74) is 0. The van der Waals surface area contributed by atoms with Gasteiger partial charge in [0, 0.05) is 30.6 Å². The molecular weight excluding hydrogens is 184 g/mol. The van der Waals surface area contributed by atoms with Crippen molar-refractivity contribution in [3.8, 4) is 17.2 Å². The van der Waals surface area contributed by atoms with Gasteiger partial charge in [-0.2, -0.15) is 0 Å². The molecule has 0 bridgehead atoms. The summed E-state index contributed by atoms with van der Waals surface area (Å²) >= 11 is 0. The van der Waals surface area contributed by atoms with E-state index in [9.17, 15) is 0 Å². The molecule has 0 fully saturated rings. The van der Waals surface area contributed by atoms with Gasteiger partial charge in [-0.1, -0.05) is 0 Å². The van der Waals surface area contributed by atoms with Crippen LogP contribution in [0.1, 0.15) is 0 Å². The molecule has 0 unspecified atom stereocenters. The Morgan fingerprint density at radius 1 is 0.929 bits per heavy atom. The third-order valence-electron chi connectivity index (χ3n) is 1.29. The number of nitrogens with one attached hydrogen (secondary N) is 1. The molecule has 4 N–H and O–H groups in total. The van der Waals surface area contributed by atoms with Crippen molar-refractivity contribution in [3.63, 3.8) is 0 Å². The summed E-state index contributed by atoms with van der Waals surface area (Å²) in [6.07, 6.45) is 5.08. The number of H-pyrrole nitrogens is 1. The van der Waals surface area contributed by atoms with E-state index in [1.165, 1.54) is 0 Å². The van der Waals surface area contributed by atoms with Crippen molar-refractivity contribution in [3.05, 3.63) is 36.9 Å². The standard InChI is InChI=1S/C6H6O3.C3H4N2/c7-4-1-5(8)3-6(9)2-4;1-2-5-3-4-1/h1-3,7-9H;1-3H,(H,4,5). The quantitative estimate of drug-likeness (QED) is 0.507. The predicted molar refractivity (Wildman–Crippen MR) is 50.0 cm³/mol. The molecule has 0 atom stereocenters. The van der Waals surface area contributed by atoms with Crippen LogP contribution in [0.5, 0.6) is 17.2 Å². The van der Waals surface area contributed by atoms with Gasteiger partial charge in [-0.05, 0) is 0 Å². The number of phenolic OH excluding ortho intramolecular Hbond substituents is 3. The van der Waals surface area contributed by atoms with Crippen LogP contribution in [-0.2, 0) is 0 Å². The lowest BCUT2D eigenvalue weighted by atomic mass is 10.3. The number of nitrogens with zero attached hydrogens (tertiary/aromatic N) is 1. The van der Waals surface area contributed by atoms with E-state index in [-0.39, 0.29) is 17.2 Å². The van der Waals surface area contributed by atoms with Crippen LogP contribution in [-0.4, -0.2) is 25.3 Å². The summed E-state index contributed by atoms with van der Waals surface area (Å²) in [7, 11) is 0. The van der Waals surface area contributed by atoms with Gasteiger partial charge < -0.3 is 20.3 Å². The zero-order chi connectivity index (χ0) is 10.4. The van der Waals surface area contributed by atoms with Crippen LogP contribution in [0.2, 0.25) is 0 Å². The first-order valence-electron chi connectivity index (χ1n) is 3.83. The van der Waals surface area contributed by atoms with Crippen molar-refractivity contribution < 1.29 is 15.3 Å². The molecule has 0 aliphatic heterocycles. The normalized spacial score (nSPS) is 8.86. The highest BCUT2D eigenvalue weighted by Gasteiger charge is 1.94. The molecule has 0 aliphatic rings. The van der Waals surface area contributed by atoms with E-state index in [1.54, 1.807) is 18.7 Å². The Morgan fingerprint density at radius 3 is 1.64 bits per heavy atom. The van der Waals surface area contributed by atoms with Crippen molar-refractivity contribution in [2.75, 3.05) is 0 Å². The van der Waals surface area contributed by atoms with Crippen LogP contribution in [0.4, 0.5) is 0 Å². The van der Waals surface area contributed by atoms with Crippen molar-refractivity contribution in [2.45, 2.75) is 0 Å². The van der Waals surface area contributed by atoms with Crippen LogP contribution < -0.4 is 0 Å². The second-order valence-electron chi connectivity index (χ2n) is 2.47. The van der Waals surface area contributed by atoms with E-state index in [1.807, 2.05) is 0 Å². The third kappa shape index (κ3) is 3.48. The number of imidazole rings is 1. The minimum atomic E-state index is -0.146. The predicted octanol–water partition coefficient (Wildman–Crippen LogP) is 1.21. The number of phenols is 3. The first-order valence-corrected chi connectivity index (χ1v) is 3.83. The highest BCUT2D eigenvalue weighted by Crippen LogP contribution is 2.23. The van der Waals surface area contributed by atoms with Crippen LogP contribution in [0.25, 0.3) is 0 Å². The minimum absolute atomic E-state index is 0.146. The van der Waals surface area contributed by atoms with E-state index >= 15 is 0 Å². The Labute approximate surface area is 80.3 Å². The molecule has 5 nitrogen and oxygen atoms in total. The van der Waals surface area contributed by atoms with Crippen molar-refractivity contribution >= 4 is 0 Å². The molecule has 0 saturated heterocycles. The summed E-state index contributed by atoms with van der Waals surface area (Å²) in [5.74, 6) is -0.437. The molecular formula is C9H10N2O3. The number of aromatic hydroxyl groups is 3. The topological polar surface area (TPSA) is 89.4 Å². The first kappa shape index (κ1) is 9.91. The Bertz CT molecular complexity index is 306. The summed E-state index contributed by atoms with van der Waals surface area (Å²) in [6.45, 7) is 0. The van der Waals surface area contributed by atoms with Crippen molar-refractivity contribution in [1.29, 1.82) is 0 Å². The molecule has 0 saturated carbocycles. The molecule has 0 spiro atoms. The zero-order valence-electron chi connectivity index (χ0n) is 7.25. The summed E-state index contributed by atoms with van der Waals surface area (Å²) < 4.78 is 0. The number of aromatic nitrogens is 2. The molecule has 2 aromatic rings. The molecule has 1 aromatic carbocycles. The lowest BCUT2D eigenvalue weighted by Gasteiger charge is -1.94. The Hall–Kier alpha value is -2.17. The van der Waals surface area contributed by atoms with Crippen LogP contribution in [0.15, 0.2) is 36.9 Å². The van der Waals surface area contributed by atoms with Crippen molar-refractivity contribution in [1.82, 2.24) is 9.97 Å². The van der Waals surface area contributed by atoms with E-state index < -0.39 is 0 Å². The van der Waals surface area contributed by atoms with Crippen LogP contribution >= 0.6 is 0 Å². The number of rotatable bonds is 0. The Balaban J connectivity index is 0.000000165. The number of hydrogen-bond donors (Lipinski definition) is 4. The molecule has 1 heterocycles. The fourth-order valence-corrected chi connectivity index (χ4v) is 0.795. The molecule has 2 rings (SSSR count). The minimum Gasteiger partial charge on any atom is -0.508 e. The maximum Gasteiger partial charge on any atom is 0.122 e. The van der Waals surface area contributed by atoms with Gasteiger partial charge in [-0.25, -0.2) is 4.98 Å². The number of benzene rings is 1. The molecule has 0 radical (unpaired) electrons. The first-order chi connectivity index (χ1) is 6.68. The SMILES string of the molecule is Oc1cc(O)cc(O)c1.c1c[nH]cn1. The maximum absolute atomic E-state index is 8.67. The van der Waals surface area contributed by atoms with E-state index in [2.05, 4.69) is 9.97 Å².